The number of Topliss-reactive ketones (excluding diaryl/α,β-unsaturated/α-hetero) is 2. The Balaban J connectivity index is 0. The quantitative estimate of drug-likeness (QED) is 0.393. The summed E-state index contributed by atoms with van der Waals surface area (Å²) in [6, 6.07) is 0. The van der Waals surface area contributed by atoms with Crippen LogP contribution in [0.25, 0.3) is 0 Å². The summed E-state index contributed by atoms with van der Waals surface area (Å²) in [5.74, 6) is -3.43. The molecule has 0 spiro atoms. The van der Waals surface area contributed by atoms with Crippen LogP contribution in [0.5, 0.6) is 0 Å². The normalized spacial score (nSPS) is 7.70. The van der Waals surface area contributed by atoms with Gasteiger partial charge in [-0.3, -0.25) is 9.59 Å². The van der Waals surface area contributed by atoms with Crippen LogP contribution in [0.1, 0.15) is 13.3 Å². The Morgan fingerprint density at radius 2 is 1.70 bits per heavy atom. The summed E-state index contributed by atoms with van der Waals surface area (Å²) in [4.78, 5) is 29.7. The van der Waals surface area contributed by atoms with Crippen LogP contribution in [0.3, 0.4) is 0 Å². The Morgan fingerprint density at radius 1 is 1.30 bits per heavy atom. The van der Waals surface area contributed by atoms with Gasteiger partial charge in [-0.2, -0.15) is 0 Å². The number of quaternary nitrogens is 1. The predicted octanol–water partition coefficient (Wildman–Crippen LogP) is -1.34. The first-order valence-corrected chi connectivity index (χ1v) is 2.27. The van der Waals surface area contributed by atoms with Gasteiger partial charge in [-0.05, 0) is 6.92 Å². The molecule has 0 fully saturated rings. The number of ketones is 2. The molecule has 0 bridgehead atoms. The first kappa shape index (κ1) is 11.6. The third-order valence-corrected chi connectivity index (χ3v) is 0.637. The highest BCUT2D eigenvalue weighted by Crippen LogP contribution is 1.81. The average Bonchev–Trinajstić information content (AvgIpc) is 1.63. The number of carbonyl (C=O) groups is 3. The van der Waals surface area contributed by atoms with E-state index in [0.717, 1.165) is 6.92 Å². The van der Waals surface area contributed by atoms with Crippen LogP contribution in [-0.4, -0.2) is 17.5 Å². The van der Waals surface area contributed by atoms with E-state index in [0.29, 0.717) is 0 Å². The van der Waals surface area contributed by atoms with E-state index in [-0.39, 0.29) is 6.15 Å². The molecule has 0 aliphatic rings. The maximum Gasteiger partial charge on any atom is 0.185 e. The largest absolute Gasteiger partial charge is 0.542 e. The standard InChI is InChI=1S/C5H6O4.H3N/c1-3(6)2-4(7)5(8)9;/h2H2,1H3,(H,8,9);1H3. The number of hydrogen-bond acceptors (Lipinski definition) is 4. The molecule has 0 saturated heterocycles. The third kappa shape index (κ3) is 4.92. The molecule has 58 valence electrons. The van der Waals surface area contributed by atoms with Gasteiger partial charge in [0.05, 0.1) is 6.42 Å². The minimum absolute atomic E-state index is 0. The van der Waals surface area contributed by atoms with E-state index in [1.165, 1.54) is 0 Å². The molecule has 4 N–H and O–H groups in total. The zero-order chi connectivity index (χ0) is 7.44. The van der Waals surface area contributed by atoms with E-state index < -0.39 is 24.0 Å². The molecule has 0 aliphatic heterocycles. The maximum atomic E-state index is 10.1. The summed E-state index contributed by atoms with van der Waals surface area (Å²) < 4.78 is 0. The van der Waals surface area contributed by atoms with Gasteiger partial charge in [0, 0.05) is 0 Å². The minimum Gasteiger partial charge on any atom is -0.542 e. The monoisotopic (exact) mass is 147 g/mol. The fraction of sp³-hybridized carbons (Fsp3) is 0.400. The molecule has 5 heteroatoms. The molecular weight excluding hydrogens is 138 g/mol. The number of carbonyl (C=O) groups excluding carboxylic acids is 3. The maximum absolute atomic E-state index is 10.1. The van der Waals surface area contributed by atoms with Crippen LogP contribution in [0, 0.1) is 0 Å². The molecule has 0 aromatic rings. The van der Waals surface area contributed by atoms with Crippen molar-refractivity contribution in [2.75, 3.05) is 0 Å². The number of aliphatic carboxylic acids is 1. The van der Waals surface area contributed by atoms with Crippen molar-refractivity contribution in [1.82, 2.24) is 6.15 Å². The van der Waals surface area contributed by atoms with E-state index in [1.54, 1.807) is 0 Å². The Morgan fingerprint density at radius 3 is 1.80 bits per heavy atom. The molecular formula is C5H9NO4. The van der Waals surface area contributed by atoms with Gasteiger partial charge in [-0.25, -0.2) is 0 Å². The van der Waals surface area contributed by atoms with Gasteiger partial charge < -0.3 is 16.1 Å². The molecule has 10 heavy (non-hydrogen) atoms. The fourth-order valence-electron chi connectivity index (χ4n) is 0.298. The molecule has 0 aliphatic carbocycles. The van der Waals surface area contributed by atoms with E-state index in [9.17, 15) is 19.5 Å². The van der Waals surface area contributed by atoms with Crippen LogP contribution in [-0.2, 0) is 14.4 Å². The van der Waals surface area contributed by atoms with Crippen LogP contribution < -0.4 is 11.3 Å². The zero-order valence-corrected chi connectivity index (χ0v) is 5.84. The number of rotatable bonds is 3. The van der Waals surface area contributed by atoms with Crippen molar-refractivity contribution in [2.45, 2.75) is 13.3 Å². The molecule has 0 amide bonds. The highest BCUT2D eigenvalue weighted by molar-refractivity contribution is 6.35. The summed E-state index contributed by atoms with van der Waals surface area (Å²) in [6.07, 6.45) is -0.567. The predicted molar refractivity (Wildman–Crippen MR) is 31.3 cm³/mol. The van der Waals surface area contributed by atoms with Gasteiger partial charge in [0.25, 0.3) is 0 Å². The molecule has 0 saturated carbocycles. The molecule has 0 heterocycles. The van der Waals surface area contributed by atoms with Crippen molar-refractivity contribution in [3.63, 3.8) is 0 Å². The Bertz CT molecular complexity index is 163. The van der Waals surface area contributed by atoms with Gasteiger partial charge in [-0.1, -0.05) is 0 Å². The summed E-state index contributed by atoms with van der Waals surface area (Å²) >= 11 is 0. The van der Waals surface area contributed by atoms with E-state index in [1.807, 2.05) is 0 Å². The topological polar surface area (TPSA) is 111 Å². The third-order valence-electron chi connectivity index (χ3n) is 0.637. The van der Waals surface area contributed by atoms with Crippen molar-refractivity contribution in [2.24, 2.45) is 0 Å². The summed E-state index contributed by atoms with van der Waals surface area (Å²) in [7, 11) is 0. The highest BCUT2D eigenvalue weighted by atomic mass is 16.4. The summed E-state index contributed by atoms with van der Waals surface area (Å²) in [6.45, 7) is 1.14. The van der Waals surface area contributed by atoms with Crippen LogP contribution >= 0.6 is 0 Å². The Labute approximate surface area is 57.6 Å². The van der Waals surface area contributed by atoms with Crippen LogP contribution in [0.15, 0.2) is 0 Å². The van der Waals surface area contributed by atoms with E-state index >= 15 is 0 Å². The van der Waals surface area contributed by atoms with Gasteiger partial charge in [0.1, 0.15) is 11.8 Å². The first-order chi connectivity index (χ1) is 4.04. The second-order valence-corrected chi connectivity index (χ2v) is 1.59. The van der Waals surface area contributed by atoms with Crippen molar-refractivity contribution < 1.29 is 19.5 Å². The highest BCUT2D eigenvalue weighted by Gasteiger charge is 2.04. The molecule has 0 rings (SSSR count). The number of carboxylic acid groups (broad SMARTS) is 1. The number of hydrogen-bond donors (Lipinski definition) is 1. The fourth-order valence-corrected chi connectivity index (χ4v) is 0.298. The van der Waals surface area contributed by atoms with Crippen LogP contribution in [0.4, 0.5) is 0 Å². The molecule has 0 aromatic heterocycles. The molecule has 0 unspecified atom stereocenters. The minimum atomic E-state index is -1.80. The van der Waals surface area contributed by atoms with Crippen LogP contribution in [0.2, 0.25) is 0 Å². The lowest BCUT2D eigenvalue weighted by Crippen LogP contribution is -2.32. The van der Waals surface area contributed by atoms with Crippen molar-refractivity contribution in [1.29, 1.82) is 0 Å². The van der Waals surface area contributed by atoms with Gasteiger partial charge in [0.2, 0.25) is 0 Å². The first-order valence-electron chi connectivity index (χ1n) is 2.27. The summed E-state index contributed by atoms with van der Waals surface area (Å²) in [5.41, 5.74) is 0. The average molecular weight is 147 g/mol. The summed E-state index contributed by atoms with van der Waals surface area (Å²) in [5, 5.41) is 9.62. The Hall–Kier alpha value is -1.23. The van der Waals surface area contributed by atoms with E-state index in [2.05, 4.69) is 0 Å². The van der Waals surface area contributed by atoms with Crippen molar-refractivity contribution in [3.8, 4) is 0 Å². The molecule has 0 aromatic carbocycles. The van der Waals surface area contributed by atoms with Gasteiger partial charge in [-0.15, -0.1) is 0 Å². The van der Waals surface area contributed by atoms with Gasteiger partial charge in [0.15, 0.2) is 5.78 Å². The zero-order valence-electron chi connectivity index (χ0n) is 5.84. The lowest BCUT2D eigenvalue weighted by molar-refractivity contribution is -0.300. The Kier molecular flexibility index (Phi) is 5.35. The SMILES string of the molecule is CC(=O)CC(=O)C(=O)[O-].[NH4+]. The second kappa shape index (κ2) is 4.63. The van der Waals surface area contributed by atoms with Crippen molar-refractivity contribution >= 4 is 17.5 Å². The van der Waals surface area contributed by atoms with Gasteiger partial charge >= 0.3 is 0 Å². The number of carboxylic acids is 1. The molecule has 0 atom stereocenters. The molecule has 5 nitrogen and oxygen atoms in total. The van der Waals surface area contributed by atoms with E-state index in [4.69, 9.17) is 0 Å². The second-order valence-electron chi connectivity index (χ2n) is 1.59. The lowest BCUT2D eigenvalue weighted by Gasteiger charge is -1.95. The van der Waals surface area contributed by atoms with Crippen molar-refractivity contribution in [3.05, 3.63) is 0 Å². The molecule has 0 radical (unpaired) electrons. The smallest absolute Gasteiger partial charge is 0.185 e. The lowest BCUT2D eigenvalue weighted by atomic mass is 10.2.